The van der Waals surface area contributed by atoms with E-state index in [9.17, 15) is 28.7 Å². The van der Waals surface area contributed by atoms with Crippen LogP contribution < -0.4 is 5.63 Å². The zero-order valence-corrected chi connectivity index (χ0v) is 17.9. The maximum Gasteiger partial charge on any atom is 0.338 e. The van der Waals surface area contributed by atoms with E-state index in [1.54, 1.807) is 0 Å². The molecule has 1 amide bonds. The number of likely N-dealkylation sites (tertiary alicyclic amines) is 1. The second-order valence-electron chi connectivity index (χ2n) is 7.77. The average Bonchev–Trinajstić information content (AvgIpc) is 2.79. The van der Waals surface area contributed by atoms with Gasteiger partial charge in [0.05, 0.1) is 16.6 Å². The van der Waals surface area contributed by atoms with Crippen molar-refractivity contribution in [3.63, 3.8) is 0 Å². The van der Waals surface area contributed by atoms with Crippen molar-refractivity contribution >= 4 is 40.9 Å². The smallest absolute Gasteiger partial charge is 0.338 e. The van der Waals surface area contributed by atoms with Gasteiger partial charge in [0.1, 0.15) is 18.0 Å². The first kappa shape index (κ1) is 22.6. The molecule has 3 aromatic rings. The van der Waals surface area contributed by atoms with Gasteiger partial charge in [0.15, 0.2) is 0 Å². The van der Waals surface area contributed by atoms with Crippen LogP contribution in [0.2, 0.25) is 5.02 Å². The molecule has 1 aromatic carbocycles. The van der Waals surface area contributed by atoms with Gasteiger partial charge in [0.2, 0.25) is 11.6 Å². The zero-order chi connectivity index (χ0) is 23.7. The van der Waals surface area contributed by atoms with E-state index < -0.39 is 35.2 Å². The first-order valence-electron chi connectivity index (χ1n) is 10.2. The maximum atomic E-state index is 13.5. The van der Waals surface area contributed by atoms with E-state index in [0.717, 1.165) is 6.07 Å². The number of aliphatic carboxylic acids is 1. The summed E-state index contributed by atoms with van der Waals surface area (Å²) in [5.41, 5.74) is -0.0411. The number of hydrogen-bond acceptors (Lipinski definition) is 6. The van der Waals surface area contributed by atoms with Crippen molar-refractivity contribution in [2.24, 2.45) is 5.92 Å². The Morgan fingerprint density at radius 1 is 1.24 bits per heavy atom. The molecule has 0 bridgehead atoms. The Labute approximate surface area is 191 Å². The van der Waals surface area contributed by atoms with Gasteiger partial charge in [-0.25, -0.2) is 14.2 Å². The third-order valence-corrected chi connectivity index (χ3v) is 5.97. The summed E-state index contributed by atoms with van der Waals surface area (Å²) in [5.74, 6) is -4.08. The third-order valence-electron chi connectivity index (χ3n) is 5.66. The molecule has 1 aliphatic heterocycles. The number of benzene rings is 1. The minimum atomic E-state index is -1.29. The van der Waals surface area contributed by atoms with Crippen LogP contribution in [0.15, 0.2) is 45.6 Å². The molecular formula is C23H18ClFN2O6. The number of nitrogens with zero attached hydrogens (tertiary/aromatic N) is 2. The highest BCUT2D eigenvalue weighted by atomic mass is 35.5. The Morgan fingerprint density at radius 2 is 2.03 bits per heavy atom. The van der Waals surface area contributed by atoms with Crippen LogP contribution >= 0.6 is 11.6 Å². The molecule has 1 saturated heterocycles. The lowest BCUT2D eigenvalue weighted by atomic mass is 9.95. The molecule has 1 unspecified atom stereocenters. The standard InChI is InChI=1S/C23H18ClFN2O6/c24-18-8-13(25)3-4-14(18)16-9-20(29)33-21-15(16)5-6-19(26-21)17(11-28)22(30)27-7-1-2-12(10-27)23(31)32/h3-6,8-9,11-12,17H,1-2,7,10H2,(H,31,32)/t12-,17?/m0/s1. The number of carboxylic acids is 1. The molecule has 1 aliphatic rings. The number of piperidine rings is 1. The van der Waals surface area contributed by atoms with Gasteiger partial charge < -0.3 is 19.2 Å². The van der Waals surface area contributed by atoms with E-state index in [1.165, 1.54) is 35.2 Å². The van der Waals surface area contributed by atoms with Crippen molar-refractivity contribution in [1.29, 1.82) is 0 Å². The van der Waals surface area contributed by atoms with Crippen LogP contribution in [0, 0.1) is 11.7 Å². The topological polar surface area (TPSA) is 118 Å². The lowest BCUT2D eigenvalue weighted by Gasteiger charge is -2.32. The SMILES string of the molecule is O=CC(C(=O)N1CCC[C@H](C(=O)O)C1)c1ccc2c(-c3ccc(F)cc3Cl)cc(=O)oc2n1. The molecule has 0 saturated carbocycles. The first-order chi connectivity index (χ1) is 15.8. The highest BCUT2D eigenvalue weighted by molar-refractivity contribution is 6.33. The number of hydrogen-bond donors (Lipinski definition) is 1. The highest BCUT2D eigenvalue weighted by Crippen LogP contribution is 2.33. The van der Waals surface area contributed by atoms with Gasteiger partial charge in [0.25, 0.3) is 0 Å². The molecule has 2 atom stereocenters. The van der Waals surface area contributed by atoms with Gasteiger partial charge in [-0.1, -0.05) is 11.6 Å². The van der Waals surface area contributed by atoms with Gasteiger partial charge in [0, 0.05) is 35.7 Å². The van der Waals surface area contributed by atoms with Crippen LogP contribution in [-0.4, -0.2) is 46.2 Å². The second kappa shape index (κ2) is 9.11. The normalized spacial score (nSPS) is 17.0. The van der Waals surface area contributed by atoms with Crippen molar-refractivity contribution in [2.75, 3.05) is 13.1 Å². The summed E-state index contributed by atoms with van der Waals surface area (Å²) in [6, 6.07) is 7.93. The second-order valence-corrected chi connectivity index (χ2v) is 8.17. The molecule has 0 spiro atoms. The summed E-state index contributed by atoms with van der Waals surface area (Å²) in [5, 5.41) is 9.73. The third kappa shape index (κ3) is 4.49. The fraction of sp³-hybridized carbons (Fsp3) is 0.261. The number of fused-ring (bicyclic) bond motifs is 1. The molecule has 3 heterocycles. The Kier molecular flexibility index (Phi) is 6.24. The van der Waals surface area contributed by atoms with Crippen LogP contribution in [-0.2, 0) is 14.4 Å². The fourth-order valence-corrected chi connectivity index (χ4v) is 4.26. The van der Waals surface area contributed by atoms with E-state index in [2.05, 4.69) is 4.98 Å². The minimum absolute atomic E-state index is 0.00832. The van der Waals surface area contributed by atoms with Gasteiger partial charge in [-0.15, -0.1) is 0 Å². The van der Waals surface area contributed by atoms with Crippen LogP contribution in [0.4, 0.5) is 4.39 Å². The van der Waals surface area contributed by atoms with E-state index in [-0.39, 0.29) is 23.0 Å². The lowest BCUT2D eigenvalue weighted by molar-refractivity contribution is -0.146. The molecule has 170 valence electrons. The molecule has 1 N–H and O–H groups in total. The summed E-state index contributed by atoms with van der Waals surface area (Å²) in [7, 11) is 0. The molecule has 1 fully saturated rings. The first-order valence-corrected chi connectivity index (χ1v) is 10.5. The number of rotatable bonds is 5. The van der Waals surface area contributed by atoms with Crippen molar-refractivity contribution in [1.82, 2.24) is 9.88 Å². The van der Waals surface area contributed by atoms with Crippen LogP contribution in [0.1, 0.15) is 24.5 Å². The van der Waals surface area contributed by atoms with E-state index >= 15 is 0 Å². The summed E-state index contributed by atoms with van der Waals surface area (Å²) >= 11 is 6.15. The predicted molar refractivity (Wildman–Crippen MR) is 116 cm³/mol. The minimum Gasteiger partial charge on any atom is -0.481 e. The van der Waals surface area contributed by atoms with Crippen molar-refractivity contribution in [3.8, 4) is 11.1 Å². The summed E-state index contributed by atoms with van der Waals surface area (Å²) < 4.78 is 18.7. The summed E-state index contributed by atoms with van der Waals surface area (Å²) in [6.45, 7) is 0.344. The highest BCUT2D eigenvalue weighted by Gasteiger charge is 2.33. The number of amides is 1. The number of carboxylic acid groups (broad SMARTS) is 1. The molecule has 33 heavy (non-hydrogen) atoms. The summed E-state index contributed by atoms with van der Waals surface area (Å²) in [6.07, 6.45) is 1.40. The van der Waals surface area contributed by atoms with Crippen molar-refractivity contribution in [3.05, 3.63) is 63.4 Å². The van der Waals surface area contributed by atoms with Crippen LogP contribution in [0.3, 0.4) is 0 Å². The number of carbonyl (C=O) groups is 3. The number of pyridine rings is 1. The molecule has 2 aromatic heterocycles. The number of halogens is 2. The Balaban J connectivity index is 1.72. The van der Waals surface area contributed by atoms with E-state index in [1.807, 2.05) is 0 Å². The number of carbonyl (C=O) groups excluding carboxylic acids is 2. The Hall–Kier alpha value is -3.59. The lowest BCUT2D eigenvalue weighted by Crippen LogP contribution is -2.44. The molecular weight excluding hydrogens is 455 g/mol. The van der Waals surface area contributed by atoms with Crippen molar-refractivity contribution < 1.29 is 28.3 Å². The molecule has 10 heteroatoms. The van der Waals surface area contributed by atoms with Gasteiger partial charge in [-0.05, 0) is 43.2 Å². The van der Waals surface area contributed by atoms with Crippen molar-refractivity contribution in [2.45, 2.75) is 18.8 Å². The molecule has 0 radical (unpaired) electrons. The van der Waals surface area contributed by atoms with Crippen LogP contribution in [0.25, 0.3) is 22.2 Å². The maximum absolute atomic E-state index is 13.5. The largest absolute Gasteiger partial charge is 0.481 e. The average molecular weight is 473 g/mol. The van der Waals surface area contributed by atoms with E-state index in [4.69, 9.17) is 16.0 Å². The Morgan fingerprint density at radius 3 is 2.73 bits per heavy atom. The van der Waals surface area contributed by atoms with Gasteiger partial charge in [-0.3, -0.25) is 9.59 Å². The molecule has 8 nitrogen and oxygen atoms in total. The number of aromatic nitrogens is 1. The van der Waals surface area contributed by atoms with Gasteiger partial charge >= 0.3 is 11.6 Å². The van der Waals surface area contributed by atoms with Crippen LogP contribution in [0.5, 0.6) is 0 Å². The van der Waals surface area contributed by atoms with E-state index in [0.29, 0.717) is 42.2 Å². The Bertz CT molecular complexity index is 1320. The summed E-state index contributed by atoms with van der Waals surface area (Å²) in [4.78, 5) is 53.9. The monoisotopic (exact) mass is 472 g/mol. The zero-order valence-electron chi connectivity index (χ0n) is 17.2. The molecule has 0 aliphatic carbocycles. The fourth-order valence-electron chi connectivity index (χ4n) is 3.99. The predicted octanol–water partition coefficient (Wildman–Crippen LogP) is 3.25. The number of aldehydes is 1. The molecule has 4 rings (SSSR count). The quantitative estimate of drug-likeness (QED) is 0.447. The van der Waals surface area contributed by atoms with Gasteiger partial charge in [-0.2, -0.15) is 0 Å².